The molecule has 1 aliphatic heterocycles. The molecule has 1 heterocycles. The minimum Gasteiger partial charge on any atom is -0.375 e. The van der Waals surface area contributed by atoms with E-state index in [1.54, 1.807) is 0 Å². The van der Waals surface area contributed by atoms with Crippen LogP contribution in [0.5, 0.6) is 0 Å². The average molecular weight is 365 g/mol. The maximum absolute atomic E-state index is 12.9. The molecule has 0 aromatic heterocycles. The minimum absolute atomic E-state index is 0.0555. The predicted octanol–water partition coefficient (Wildman–Crippen LogP) is 1.92. The van der Waals surface area contributed by atoms with Gasteiger partial charge in [0, 0.05) is 12.6 Å². The van der Waals surface area contributed by atoms with Crippen LogP contribution in [0.25, 0.3) is 0 Å². The van der Waals surface area contributed by atoms with Crippen LogP contribution in [-0.4, -0.2) is 46.4 Å². The summed E-state index contributed by atoms with van der Waals surface area (Å²) in [5.74, 6) is 0. The van der Waals surface area contributed by atoms with E-state index in [4.69, 9.17) is 4.74 Å². The standard InChI is InChI=1S/C14H20FNO5S2/c1-3-11-10-21-12(4-2)9-16(11)23(19,20)14-7-5-13(6-8-14)22(15,17)18/h5-8,11-12H,3-4,9-10H2,1-2H3. The highest BCUT2D eigenvalue weighted by Crippen LogP contribution is 2.26. The lowest BCUT2D eigenvalue weighted by molar-refractivity contribution is -0.0340. The van der Waals surface area contributed by atoms with Gasteiger partial charge in [-0.3, -0.25) is 0 Å². The first-order valence-electron chi connectivity index (χ1n) is 7.38. The topological polar surface area (TPSA) is 80.8 Å². The lowest BCUT2D eigenvalue weighted by atomic mass is 10.1. The van der Waals surface area contributed by atoms with Crippen LogP contribution in [0.3, 0.4) is 0 Å². The van der Waals surface area contributed by atoms with Crippen molar-refractivity contribution in [1.82, 2.24) is 4.31 Å². The molecule has 0 N–H and O–H groups in total. The van der Waals surface area contributed by atoms with Crippen LogP contribution in [-0.2, 0) is 25.0 Å². The van der Waals surface area contributed by atoms with Gasteiger partial charge >= 0.3 is 10.2 Å². The summed E-state index contributed by atoms with van der Waals surface area (Å²) in [6.45, 7) is 4.37. The van der Waals surface area contributed by atoms with Gasteiger partial charge in [-0.1, -0.05) is 13.8 Å². The van der Waals surface area contributed by atoms with Crippen molar-refractivity contribution in [1.29, 1.82) is 0 Å². The number of morpholine rings is 1. The second-order valence-corrected chi connectivity index (χ2v) is 8.65. The Kier molecular flexibility index (Phi) is 5.44. The molecule has 9 heteroatoms. The van der Waals surface area contributed by atoms with E-state index in [9.17, 15) is 20.7 Å². The monoisotopic (exact) mass is 365 g/mol. The van der Waals surface area contributed by atoms with Gasteiger partial charge in [-0.05, 0) is 37.1 Å². The zero-order valence-corrected chi connectivity index (χ0v) is 14.6. The number of rotatable bonds is 5. The first-order chi connectivity index (χ1) is 10.7. The number of ether oxygens (including phenoxy) is 1. The normalized spacial score (nSPS) is 23.8. The van der Waals surface area contributed by atoms with Crippen molar-refractivity contribution in [2.45, 2.75) is 48.6 Å². The maximum atomic E-state index is 12.9. The maximum Gasteiger partial charge on any atom is 0.332 e. The number of hydrogen-bond donors (Lipinski definition) is 0. The molecule has 0 radical (unpaired) electrons. The van der Waals surface area contributed by atoms with Crippen molar-refractivity contribution in [3.05, 3.63) is 24.3 Å². The van der Waals surface area contributed by atoms with Gasteiger partial charge in [-0.15, -0.1) is 3.89 Å². The molecule has 2 atom stereocenters. The molecule has 0 bridgehead atoms. The highest BCUT2D eigenvalue weighted by molar-refractivity contribution is 7.89. The van der Waals surface area contributed by atoms with E-state index in [0.717, 1.165) is 24.3 Å². The van der Waals surface area contributed by atoms with Crippen molar-refractivity contribution < 1.29 is 25.5 Å². The summed E-state index contributed by atoms with van der Waals surface area (Å²) in [6, 6.07) is 3.88. The average Bonchev–Trinajstić information content (AvgIpc) is 2.53. The quantitative estimate of drug-likeness (QED) is 0.745. The van der Waals surface area contributed by atoms with Gasteiger partial charge in [0.2, 0.25) is 10.0 Å². The van der Waals surface area contributed by atoms with Crippen LogP contribution >= 0.6 is 0 Å². The summed E-state index contributed by atoms with van der Waals surface area (Å²) in [6.07, 6.45) is 1.13. The molecule has 1 saturated heterocycles. The van der Waals surface area contributed by atoms with Gasteiger partial charge in [0.25, 0.3) is 0 Å². The van der Waals surface area contributed by atoms with E-state index in [-0.39, 0.29) is 23.6 Å². The van der Waals surface area contributed by atoms with Crippen LogP contribution in [0, 0.1) is 0 Å². The molecule has 130 valence electrons. The van der Waals surface area contributed by atoms with Crippen LogP contribution in [0.2, 0.25) is 0 Å². The van der Waals surface area contributed by atoms with E-state index in [1.165, 1.54) is 4.31 Å². The van der Waals surface area contributed by atoms with Gasteiger partial charge in [0.1, 0.15) is 0 Å². The number of benzene rings is 1. The van der Waals surface area contributed by atoms with Crippen molar-refractivity contribution in [2.24, 2.45) is 0 Å². The lowest BCUT2D eigenvalue weighted by Gasteiger charge is -2.38. The lowest BCUT2D eigenvalue weighted by Crippen LogP contribution is -2.51. The first-order valence-corrected chi connectivity index (χ1v) is 10.2. The van der Waals surface area contributed by atoms with Gasteiger partial charge < -0.3 is 4.74 Å². The molecule has 1 aliphatic rings. The van der Waals surface area contributed by atoms with E-state index in [0.29, 0.717) is 19.4 Å². The second-order valence-electron chi connectivity index (χ2n) is 5.41. The number of hydrogen-bond acceptors (Lipinski definition) is 5. The van der Waals surface area contributed by atoms with E-state index < -0.39 is 25.1 Å². The van der Waals surface area contributed by atoms with Crippen molar-refractivity contribution in [2.75, 3.05) is 13.2 Å². The van der Waals surface area contributed by atoms with Gasteiger partial charge in [-0.2, -0.15) is 12.7 Å². The minimum atomic E-state index is -4.85. The van der Waals surface area contributed by atoms with Crippen LogP contribution in [0.4, 0.5) is 3.89 Å². The Labute approximate surface area is 136 Å². The molecular formula is C14H20FNO5S2. The third-order valence-corrected chi connectivity index (χ3v) is 6.72. The number of sulfonamides is 1. The molecule has 1 aromatic carbocycles. The Hall–Kier alpha value is -1.03. The summed E-state index contributed by atoms with van der Waals surface area (Å²) in [7, 11) is -8.64. The summed E-state index contributed by atoms with van der Waals surface area (Å²) in [5.41, 5.74) is 0. The molecular weight excluding hydrogens is 345 g/mol. The molecule has 0 saturated carbocycles. The molecule has 2 unspecified atom stereocenters. The van der Waals surface area contributed by atoms with Crippen LogP contribution in [0.1, 0.15) is 26.7 Å². The summed E-state index contributed by atoms with van der Waals surface area (Å²) in [4.78, 5) is -0.614. The Balaban J connectivity index is 2.35. The molecule has 0 aliphatic carbocycles. The zero-order valence-electron chi connectivity index (χ0n) is 13.0. The SMILES string of the molecule is CCC1CN(S(=O)(=O)c2ccc(S(=O)(=O)F)cc2)C(CC)CO1. The fraction of sp³-hybridized carbons (Fsp3) is 0.571. The fourth-order valence-electron chi connectivity index (χ4n) is 2.51. The second kappa shape index (κ2) is 6.84. The molecule has 1 fully saturated rings. The molecule has 23 heavy (non-hydrogen) atoms. The van der Waals surface area contributed by atoms with E-state index in [1.807, 2.05) is 13.8 Å². The van der Waals surface area contributed by atoms with E-state index in [2.05, 4.69) is 0 Å². The molecule has 1 aromatic rings. The van der Waals surface area contributed by atoms with Gasteiger partial charge in [0.05, 0.1) is 22.5 Å². The van der Waals surface area contributed by atoms with Crippen LogP contribution in [0.15, 0.2) is 34.1 Å². The molecule has 0 amide bonds. The smallest absolute Gasteiger partial charge is 0.332 e. The predicted molar refractivity (Wildman–Crippen MR) is 82.7 cm³/mol. The largest absolute Gasteiger partial charge is 0.375 e. The molecule has 6 nitrogen and oxygen atoms in total. The fourth-order valence-corrected chi connectivity index (χ4v) is 4.68. The third-order valence-electron chi connectivity index (χ3n) is 3.95. The van der Waals surface area contributed by atoms with Gasteiger partial charge in [0.15, 0.2) is 0 Å². The van der Waals surface area contributed by atoms with Crippen LogP contribution < -0.4 is 0 Å². The first kappa shape index (κ1) is 18.3. The summed E-state index contributed by atoms with van der Waals surface area (Å²) in [5, 5.41) is 0. The number of nitrogens with zero attached hydrogens (tertiary/aromatic N) is 1. The van der Waals surface area contributed by atoms with Crippen molar-refractivity contribution >= 4 is 20.2 Å². The van der Waals surface area contributed by atoms with Crippen molar-refractivity contribution in [3.8, 4) is 0 Å². The highest BCUT2D eigenvalue weighted by Gasteiger charge is 2.36. The summed E-state index contributed by atoms with van der Waals surface area (Å²) >= 11 is 0. The Morgan fingerprint density at radius 3 is 2.13 bits per heavy atom. The van der Waals surface area contributed by atoms with E-state index >= 15 is 0 Å². The number of halogens is 1. The Morgan fingerprint density at radius 1 is 1.09 bits per heavy atom. The van der Waals surface area contributed by atoms with Crippen molar-refractivity contribution in [3.63, 3.8) is 0 Å². The summed E-state index contributed by atoms with van der Waals surface area (Å²) < 4.78 is 67.2. The highest BCUT2D eigenvalue weighted by atomic mass is 32.3. The third kappa shape index (κ3) is 3.90. The van der Waals surface area contributed by atoms with Gasteiger partial charge in [-0.25, -0.2) is 8.42 Å². The Morgan fingerprint density at radius 2 is 1.65 bits per heavy atom. The molecule has 0 spiro atoms. The Bertz CT molecular complexity index is 746. The zero-order chi connectivity index (χ0) is 17.3. The molecule has 2 rings (SSSR count).